The van der Waals surface area contributed by atoms with Gasteiger partial charge in [0.1, 0.15) is 5.78 Å². The van der Waals surface area contributed by atoms with Crippen molar-refractivity contribution in [1.29, 1.82) is 0 Å². The first-order chi connectivity index (χ1) is 11.0. The number of ether oxygens (including phenoxy) is 2. The van der Waals surface area contributed by atoms with E-state index in [0.717, 1.165) is 25.7 Å². The fourth-order valence-electron chi connectivity index (χ4n) is 2.75. The maximum absolute atomic E-state index is 11.5. The Balaban J connectivity index is 2.09. The van der Waals surface area contributed by atoms with Gasteiger partial charge >= 0.3 is 0 Å². The van der Waals surface area contributed by atoms with Gasteiger partial charge in [0.2, 0.25) is 0 Å². The number of carboxylic acid groups (broad SMARTS) is 1. The van der Waals surface area contributed by atoms with Crippen molar-refractivity contribution in [1.82, 2.24) is 0 Å². The van der Waals surface area contributed by atoms with Gasteiger partial charge in [0.05, 0.1) is 19.3 Å². The summed E-state index contributed by atoms with van der Waals surface area (Å²) in [6.45, 7) is 0. The molecule has 1 fully saturated rings. The number of hydrogen-bond donors (Lipinski definition) is 1. The van der Waals surface area contributed by atoms with E-state index >= 15 is 0 Å². The first kappa shape index (κ1) is 17.3. The summed E-state index contributed by atoms with van der Waals surface area (Å²) >= 11 is 0. The van der Waals surface area contributed by atoms with Crippen molar-refractivity contribution in [3.63, 3.8) is 0 Å². The van der Waals surface area contributed by atoms with Crippen LogP contribution in [0.3, 0.4) is 0 Å². The van der Waals surface area contributed by atoms with Gasteiger partial charge in [-0.2, -0.15) is 0 Å². The zero-order valence-corrected chi connectivity index (χ0v) is 13.1. The summed E-state index contributed by atoms with van der Waals surface area (Å²) in [6, 6.07) is 4.96. The lowest BCUT2D eigenvalue weighted by Gasteiger charge is -2.18. The molecule has 1 aromatic carbocycles. The van der Waals surface area contributed by atoms with Crippen LogP contribution in [0.4, 0.5) is 0 Å². The third kappa shape index (κ3) is 4.96. The standard InChI is InChI=1S/C17H22O6/c1-22-15-7-6-11(14(19)9-12(18)10-17(20)21)8-16(15)23-13-4-2-3-5-13/h6-8,13-14,19H,2-5,9-10H2,1H3,(H,20,21)/p-1. The number of aliphatic carboxylic acids is 1. The number of benzene rings is 1. The summed E-state index contributed by atoms with van der Waals surface area (Å²) in [5.41, 5.74) is 0.491. The van der Waals surface area contributed by atoms with Crippen LogP contribution in [0.25, 0.3) is 0 Å². The van der Waals surface area contributed by atoms with E-state index in [4.69, 9.17) is 9.47 Å². The Morgan fingerprint density at radius 3 is 2.61 bits per heavy atom. The van der Waals surface area contributed by atoms with E-state index in [1.54, 1.807) is 18.2 Å². The Morgan fingerprint density at radius 1 is 1.30 bits per heavy atom. The molecule has 0 amide bonds. The lowest BCUT2D eigenvalue weighted by atomic mass is 10.0. The Hall–Kier alpha value is -2.08. The van der Waals surface area contributed by atoms with Crippen molar-refractivity contribution >= 4 is 11.8 Å². The minimum Gasteiger partial charge on any atom is -0.550 e. The molecule has 1 aliphatic rings. The summed E-state index contributed by atoms with van der Waals surface area (Å²) < 4.78 is 11.2. The van der Waals surface area contributed by atoms with Crippen molar-refractivity contribution in [2.75, 3.05) is 7.11 Å². The molecular weight excluding hydrogens is 300 g/mol. The third-order valence-electron chi connectivity index (χ3n) is 3.93. The topological polar surface area (TPSA) is 95.9 Å². The number of Topliss-reactive ketones (excluding diaryl/α,β-unsaturated/α-hetero) is 1. The van der Waals surface area contributed by atoms with Gasteiger partial charge in [-0.1, -0.05) is 6.07 Å². The number of carboxylic acids is 1. The molecule has 1 saturated carbocycles. The first-order valence-corrected chi connectivity index (χ1v) is 7.73. The van der Waals surface area contributed by atoms with Crippen LogP contribution >= 0.6 is 0 Å². The third-order valence-corrected chi connectivity index (χ3v) is 3.93. The molecule has 0 bridgehead atoms. The summed E-state index contributed by atoms with van der Waals surface area (Å²) in [4.78, 5) is 21.9. The molecule has 1 aliphatic carbocycles. The van der Waals surface area contributed by atoms with Gasteiger partial charge in [0.25, 0.3) is 0 Å². The second-order valence-corrected chi connectivity index (χ2v) is 5.74. The summed E-state index contributed by atoms with van der Waals surface area (Å²) in [5.74, 6) is -0.925. The van der Waals surface area contributed by atoms with Crippen LogP contribution in [0.1, 0.15) is 50.2 Å². The van der Waals surface area contributed by atoms with Crippen molar-refractivity contribution < 1.29 is 29.3 Å². The molecule has 0 saturated heterocycles. The first-order valence-electron chi connectivity index (χ1n) is 7.73. The van der Waals surface area contributed by atoms with E-state index in [-0.39, 0.29) is 12.5 Å². The maximum atomic E-state index is 11.5. The molecule has 23 heavy (non-hydrogen) atoms. The van der Waals surface area contributed by atoms with Crippen LogP contribution in [-0.2, 0) is 9.59 Å². The maximum Gasteiger partial charge on any atom is 0.161 e. The largest absolute Gasteiger partial charge is 0.550 e. The summed E-state index contributed by atoms with van der Waals surface area (Å²) in [7, 11) is 1.54. The highest BCUT2D eigenvalue weighted by Gasteiger charge is 2.20. The average molecular weight is 321 g/mol. The van der Waals surface area contributed by atoms with Crippen LogP contribution in [0, 0.1) is 0 Å². The van der Waals surface area contributed by atoms with Crippen LogP contribution in [0.2, 0.25) is 0 Å². The molecule has 6 heteroatoms. The molecule has 1 unspecified atom stereocenters. The number of aliphatic hydroxyl groups excluding tert-OH is 1. The van der Waals surface area contributed by atoms with Crippen molar-refractivity contribution in [3.8, 4) is 11.5 Å². The van der Waals surface area contributed by atoms with Gasteiger partial charge in [-0.05, 0) is 43.4 Å². The predicted molar refractivity (Wildman–Crippen MR) is 80.1 cm³/mol. The number of aliphatic hydroxyl groups is 1. The molecule has 2 rings (SSSR count). The van der Waals surface area contributed by atoms with Gasteiger partial charge in [-0.25, -0.2) is 0 Å². The number of carbonyl (C=O) groups excluding carboxylic acids is 2. The van der Waals surface area contributed by atoms with Crippen molar-refractivity contribution in [2.45, 2.75) is 50.7 Å². The van der Waals surface area contributed by atoms with Crippen LogP contribution in [0.5, 0.6) is 11.5 Å². The molecular formula is C17H21O6-. The van der Waals surface area contributed by atoms with E-state index < -0.39 is 24.3 Å². The Kier molecular flexibility index (Phi) is 5.98. The van der Waals surface area contributed by atoms with E-state index in [2.05, 4.69) is 0 Å². The SMILES string of the molecule is COc1ccc(C(O)CC(=O)CC(=O)[O-])cc1OC1CCCC1. The summed E-state index contributed by atoms with van der Waals surface area (Å²) in [5, 5.41) is 20.5. The number of methoxy groups -OCH3 is 1. The highest BCUT2D eigenvalue weighted by atomic mass is 16.5. The molecule has 126 valence electrons. The molecule has 1 atom stereocenters. The highest BCUT2D eigenvalue weighted by Crippen LogP contribution is 2.34. The number of hydrogen-bond acceptors (Lipinski definition) is 6. The average Bonchev–Trinajstić information content (AvgIpc) is 2.99. The monoisotopic (exact) mass is 321 g/mol. The highest BCUT2D eigenvalue weighted by molar-refractivity contribution is 5.94. The lowest BCUT2D eigenvalue weighted by molar-refractivity contribution is -0.304. The summed E-state index contributed by atoms with van der Waals surface area (Å²) in [6.07, 6.45) is 2.32. The smallest absolute Gasteiger partial charge is 0.161 e. The Morgan fingerprint density at radius 2 is 2.00 bits per heavy atom. The zero-order valence-electron chi connectivity index (χ0n) is 13.1. The van der Waals surface area contributed by atoms with E-state index in [9.17, 15) is 19.8 Å². The molecule has 0 radical (unpaired) electrons. The Bertz CT molecular complexity index is 562. The molecule has 0 aromatic heterocycles. The van der Waals surface area contributed by atoms with Crippen LogP contribution in [-0.4, -0.2) is 30.1 Å². The molecule has 0 aliphatic heterocycles. The molecule has 6 nitrogen and oxygen atoms in total. The van der Waals surface area contributed by atoms with Gasteiger partial charge in [0, 0.05) is 18.8 Å². The van der Waals surface area contributed by atoms with E-state index in [1.807, 2.05) is 0 Å². The quantitative estimate of drug-likeness (QED) is 0.722. The van der Waals surface area contributed by atoms with Crippen LogP contribution in [0.15, 0.2) is 18.2 Å². The molecule has 0 spiro atoms. The van der Waals surface area contributed by atoms with Gasteiger partial charge < -0.3 is 24.5 Å². The van der Waals surface area contributed by atoms with Crippen molar-refractivity contribution in [2.24, 2.45) is 0 Å². The zero-order chi connectivity index (χ0) is 16.8. The molecule has 1 aromatic rings. The number of rotatable bonds is 8. The van der Waals surface area contributed by atoms with E-state index in [1.165, 1.54) is 7.11 Å². The Labute approximate surface area is 135 Å². The minimum absolute atomic E-state index is 0.135. The van der Waals surface area contributed by atoms with Gasteiger partial charge in [-0.15, -0.1) is 0 Å². The van der Waals surface area contributed by atoms with E-state index in [0.29, 0.717) is 17.1 Å². The predicted octanol–water partition coefficient (Wildman–Crippen LogP) is 1.15. The molecule has 1 N–H and O–H groups in total. The normalized spacial score (nSPS) is 16.1. The number of carbonyl (C=O) groups is 2. The second-order valence-electron chi connectivity index (χ2n) is 5.74. The van der Waals surface area contributed by atoms with Gasteiger partial charge in [-0.3, -0.25) is 4.79 Å². The fourth-order valence-corrected chi connectivity index (χ4v) is 2.75. The minimum atomic E-state index is -1.44. The lowest BCUT2D eigenvalue weighted by Crippen LogP contribution is -2.25. The van der Waals surface area contributed by atoms with Crippen molar-refractivity contribution in [3.05, 3.63) is 23.8 Å². The van der Waals surface area contributed by atoms with Crippen LogP contribution < -0.4 is 14.6 Å². The fraction of sp³-hybridized carbons (Fsp3) is 0.529. The number of ketones is 1. The second kappa shape index (κ2) is 7.97. The molecule has 0 heterocycles. The van der Waals surface area contributed by atoms with Gasteiger partial charge in [0.15, 0.2) is 11.5 Å².